The molecule has 2 N–H and O–H groups in total. The number of unbranched alkanes of at least 4 members (excludes halogenated alkanes) is 2. The molecule has 0 saturated carbocycles. The van der Waals surface area contributed by atoms with Gasteiger partial charge >= 0.3 is 0 Å². The first kappa shape index (κ1) is 15.8. The second-order valence-electron chi connectivity index (χ2n) is 4.78. The molecule has 0 aliphatic carbocycles. The van der Waals surface area contributed by atoms with E-state index in [1.54, 1.807) is 18.3 Å². The van der Waals surface area contributed by atoms with Gasteiger partial charge in [0.15, 0.2) is 5.75 Å². The molecular weight excluding hydrogens is 278 g/mol. The van der Waals surface area contributed by atoms with E-state index < -0.39 is 0 Å². The summed E-state index contributed by atoms with van der Waals surface area (Å²) in [5, 5.41) is 21.2. The zero-order chi connectivity index (χ0) is 15.6. The standard InChI is InChI=1S/C17H19N3O2/c18-13-14-7-6-11-20-17(14)22-16-9-3-2-8-15(16)19-10-4-1-5-12-21/h2-3,6-9,11,19,21H,1,4-5,10,12H2. The van der Waals surface area contributed by atoms with E-state index in [4.69, 9.17) is 15.1 Å². The number of nitrogens with one attached hydrogen (secondary N) is 1. The van der Waals surface area contributed by atoms with Crippen molar-refractivity contribution in [3.05, 3.63) is 48.2 Å². The molecule has 1 heterocycles. The van der Waals surface area contributed by atoms with Crippen molar-refractivity contribution < 1.29 is 9.84 Å². The number of rotatable bonds is 8. The number of nitrogens with zero attached hydrogens (tertiary/aromatic N) is 2. The van der Waals surface area contributed by atoms with Crippen LogP contribution in [0.5, 0.6) is 11.6 Å². The minimum absolute atomic E-state index is 0.232. The number of para-hydroxylation sites is 2. The summed E-state index contributed by atoms with van der Waals surface area (Å²) in [5.41, 5.74) is 1.27. The molecule has 0 aliphatic rings. The Hall–Kier alpha value is -2.58. The molecule has 1 aromatic carbocycles. The highest BCUT2D eigenvalue weighted by molar-refractivity contribution is 5.57. The van der Waals surface area contributed by atoms with E-state index in [-0.39, 0.29) is 6.61 Å². The van der Waals surface area contributed by atoms with Crippen LogP contribution in [-0.2, 0) is 0 Å². The van der Waals surface area contributed by atoms with Gasteiger partial charge in [-0.2, -0.15) is 5.26 Å². The minimum atomic E-state index is 0.232. The van der Waals surface area contributed by atoms with Gasteiger partial charge in [-0.3, -0.25) is 0 Å². The monoisotopic (exact) mass is 297 g/mol. The summed E-state index contributed by atoms with van der Waals surface area (Å²) in [5.74, 6) is 0.944. The summed E-state index contributed by atoms with van der Waals surface area (Å²) in [4.78, 5) is 4.11. The lowest BCUT2D eigenvalue weighted by Crippen LogP contribution is -2.03. The highest BCUT2D eigenvalue weighted by Crippen LogP contribution is 2.29. The van der Waals surface area contributed by atoms with Crippen LogP contribution >= 0.6 is 0 Å². The van der Waals surface area contributed by atoms with Crippen molar-refractivity contribution in [3.63, 3.8) is 0 Å². The van der Waals surface area contributed by atoms with Crippen molar-refractivity contribution in [1.29, 1.82) is 5.26 Å². The fourth-order valence-corrected chi connectivity index (χ4v) is 2.00. The Morgan fingerprint density at radius 2 is 2.00 bits per heavy atom. The average Bonchev–Trinajstić information content (AvgIpc) is 2.56. The third-order valence-corrected chi connectivity index (χ3v) is 3.14. The summed E-state index contributed by atoms with van der Waals surface area (Å²) in [6.07, 6.45) is 4.37. The first-order valence-electron chi connectivity index (χ1n) is 7.32. The molecule has 0 atom stereocenters. The lowest BCUT2D eigenvalue weighted by Gasteiger charge is -2.12. The first-order valence-corrected chi connectivity index (χ1v) is 7.32. The van der Waals surface area contributed by atoms with Crippen molar-refractivity contribution in [1.82, 2.24) is 4.98 Å². The number of aliphatic hydroxyl groups is 1. The molecular formula is C17H19N3O2. The van der Waals surface area contributed by atoms with Crippen molar-refractivity contribution in [2.75, 3.05) is 18.5 Å². The lowest BCUT2D eigenvalue weighted by atomic mass is 10.2. The van der Waals surface area contributed by atoms with E-state index in [2.05, 4.69) is 16.4 Å². The number of benzene rings is 1. The molecule has 2 rings (SSSR count). The van der Waals surface area contributed by atoms with Crippen LogP contribution in [0.3, 0.4) is 0 Å². The maximum atomic E-state index is 9.08. The van der Waals surface area contributed by atoms with E-state index in [1.165, 1.54) is 0 Å². The summed E-state index contributed by atoms with van der Waals surface area (Å²) >= 11 is 0. The predicted molar refractivity (Wildman–Crippen MR) is 84.9 cm³/mol. The molecule has 1 aromatic heterocycles. The molecule has 0 amide bonds. The van der Waals surface area contributed by atoms with Crippen LogP contribution in [0.15, 0.2) is 42.6 Å². The van der Waals surface area contributed by atoms with Crippen LogP contribution in [0, 0.1) is 11.3 Å². The zero-order valence-corrected chi connectivity index (χ0v) is 12.3. The van der Waals surface area contributed by atoms with E-state index >= 15 is 0 Å². The largest absolute Gasteiger partial charge is 0.436 e. The Bertz CT molecular complexity index is 638. The Labute approximate surface area is 130 Å². The van der Waals surface area contributed by atoms with Crippen molar-refractivity contribution in [2.24, 2.45) is 0 Å². The molecule has 5 heteroatoms. The van der Waals surface area contributed by atoms with Gasteiger partial charge in [0, 0.05) is 19.3 Å². The van der Waals surface area contributed by atoms with E-state index in [1.807, 2.05) is 24.3 Å². The zero-order valence-electron chi connectivity index (χ0n) is 12.3. The van der Waals surface area contributed by atoms with Crippen LogP contribution in [-0.4, -0.2) is 23.2 Å². The van der Waals surface area contributed by atoms with Crippen LogP contribution in [0.1, 0.15) is 24.8 Å². The van der Waals surface area contributed by atoms with Crippen LogP contribution in [0.25, 0.3) is 0 Å². The maximum Gasteiger partial charge on any atom is 0.237 e. The van der Waals surface area contributed by atoms with E-state index in [9.17, 15) is 0 Å². The predicted octanol–water partition coefficient (Wildman–Crippen LogP) is 3.32. The van der Waals surface area contributed by atoms with Gasteiger partial charge < -0.3 is 15.2 Å². The van der Waals surface area contributed by atoms with Crippen molar-refractivity contribution >= 4 is 5.69 Å². The second-order valence-corrected chi connectivity index (χ2v) is 4.78. The minimum Gasteiger partial charge on any atom is -0.436 e. The van der Waals surface area contributed by atoms with Crippen LogP contribution in [0.2, 0.25) is 0 Å². The van der Waals surface area contributed by atoms with Gasteiger partial charge in [0.2, 0.25) is 5.88 Å². The molecule has 0 saturated heterocycles. The molecule has 0 bridgehead atoms. The summed E-state index contributed by atoms with van der Waals surface area (Å²) in [6, 6.07) is 13.0. The average molecular weight is 297 g/mol. The Balaban J connectivity index is 2.03. The number of hydrogen-bond acceptors (Lipinski definition) is 5. The number of ether oxygens (including phenoxy) is 1. The highest BCUT2D eigenvalue weighted by Gasteiger charge is 2.08. The fraction of sp³-hybridized carbons (Fsp3) is 0.294. The summed E-state index contributed by atoms with van der Waals surface area (Å²) in [6.45, 7) is 1.03. The molecule has 0 spiro atoms. The number of aromatic nitrogens is 1. The van der Waals surface area contributed by atoms with Gasteiger partial charge in [0.1, 0.15) is 11.6 Å². The van der Waals surface area contributed by atoms with Gasteiger partial charge in [-0.15, -0.1) is 0 Å². The molecule has 2 aromatic rings. The highest BCUT2D eigenvalue weighted by atomic mass is 16.5. The summed E-state index contributed by atoms with van der Waals surface area (Å²) < 4.78 is 5.77. The maximum absolute atomic E-state index is 9.08. The first-order chi connectivity index (χ1) is 10.8. The topological polar surface area (TPSA) is 78.2 Å². The molecule has 0 aliphatic heterocycles. The summed E-state index contributed by atoms with van der Waals surface area (Å²) in [7, 11) is 0. The quantitative estimate of drug-likeness (QED) is 0.731. The third kappa shape index (κ3) is 4.47. The number of nitriles is 1. The molecule has 114 valence electrons. The Morgan fingerprint density at radius 3 is 2.82 bits per heavy atom. The van der Waals surface area contributed by atoms with Gasteiger partial charge in [-0.05, 0) is 43.5 Å². The molecule has 0 unspecified atom stereocenters. The van der Waals surface area contributed by atoms with Gasteiger partial charge in [-0.25, -0.2) is 4.98 Å². The van der Waals surface area contributed by atoms with Gasteiger partial charge in [0.25, 0.3) is 0 Å². The molecule has 0 fully saturated rings. The SMILES string of the molecule is N#Cc1cccnc1Oc1ccccc1NCCCCCO. The van der Waals surface area contributed by atoms with Crippen molar-refractivity contribution in [3.8, 4) is 17.7 Å². The Morgan fingerprint density at radius 1 is 1.14 bits per heavy atom. The molecule has 22 heavy (non-hydrogen) atoms. The second kappa shape index (κ2) is 8.65. The fourth-order valence-electron chi connectivity index (χ4n) is 2.00. The normalized spacial score (nSPS) is 10.0. The van der Waals surface area contributed by atoms with E-state index in [0.29, 0.717) is 17.2 Å². The lowest BCUT2D eigenvalue weighted by molar-refractivity contribution is 0.283. The Kier molecular flexibility index (Phi) is 6.21. The smallest absolute Gasteiger partial charge is 0.237 e. The molecule has 0 radical (unpaired) electrons. The van der Waals surface area contributed by atoms with Crippen LogP contribution < -0.4 is 10.1 Å². The van der Waals surface area contributed by atoms with E-state index in [0.717, 1.165) is 31.5 Å². The van der Waals surface area contributed by atoms with Gasteiger partial charge in [0.05, 0.1) is 5.69 Å². The third-order valence-electron chi connectivity index (χ3n) is 3.14. The van der Waals surface area contributed by atoms with Crippen molar-refractivity contribution in [2.45, 2.75) is 19.3 Å². The number of hydrogen-bond donors (Lipinski definition) is 2. The van der Waals surface area contributed by atoms with Gasteiger partial charge in [-0.1, -0.05) is 12.1 Å². The molecule has 5 nitrogen and oxygen atoms in total. The number of pyridine rings is 1. The number of anilines is 1. The number of aliphatic hydroxyl groups excluding tert-OH is 1. The van der Waals surface area contributed by atoms with Crippen LogP contribution in [0.4, 0.5) is 5.69 Å².